The van der Waals surface area contributed by atoms with Crippen LogP contribution in [0.2, 0.25) is 5.02 Å². The van der Waals surface area contributed by atoms with Crippen LogP contribution in [0, 0.1) is 6.92 Å². The molecule has 0 aliphatic rings. The lowest BCUT2D eigenvalue weighted by Gasteiger charge is -2.06. The second kappa shape index (κ2) is 7.46. The fourth-order valence-corrected chi connectivity index (χ4v) is 2.83. The van der Waals surface area contributed by atoms with E-state index < -0.39 is 11.9 Å². The normalized spacial score (nSPS) is 11.6. The Balaban J connectivity index is 1.87. The SMILES string of the molecule is Cc1cc(C(=O)O)c2oc(CNC(=O)/C(=C/N)c3ncccn3)c(Cl)c2c1. The van der Waals surface area contributed by atoms with E-state index >= 15 is 0 Å². The molecule has 3 aromatic rings. The van der Waals surface area contributed by atoms with Crippen molar-refractivity contribution in [3.05, 3.63) is 64.5 Å². The Labute approximate surface area is 158 Å². The van der Waals surface area contributed by atoms with E-state index in [-0.39, 0.29) is 39.9 Å². The molecule has 0 aliphatic carbocycles. The molecule has 0 saturated heterocycles. The Kier molecular flexibility index (Phi) is 5.09. The van der Waals surface area contributed by atoms with E-state index in [1.165, 1.54) is 18.5 Å². The van der Waals surface area contributed by atoms with Crippen LogP contribution in [-0.4, -0.2) is 27.0 Å². The first-order valence-electron chi connectivity index (χ1n) is 7.84. The van der Waals surface area contributed by atoms with Crippen LogP contribution >= 0.6 is 11.6 Å². The summed E-state index contributed by atoms with van der Waals surface area (Å²) in [5.41, 5.74) is 6.50. The van der Waals surface area contributed by atoms with Gasteiger partial charge in [0, 0.05) is 24.0 Å². The van der Waals surface area contributed by atoms with Crippen molar-refractivity contribution >= 4 is 40.0 Å². The molecule has 1 aromatic carbocycles. The van der Waals surface area contributed by atoms with Gasteiger partial charge in [-0.2, -0.15) is 0 Å². The van der Waals surface area contributed by atoms with Crippen molar-refractivity contribution in [3.63, 3.8) is 0 Å². The van der Waals surface area contributed by atoms with Crippen molar-refractivity contribution in [1.29, 1.82) is 0 Å². The van der Waals surface area contributed by atoms with Crippen LogP contribution in [0.4, 0.5) is 0 Å². The summed E-state index contributed by atoms with van der Waals surface area (Å²) in [5, 5.41) is 12.7. The van der Waals surface area contributed by atoms with Crippen molar-refractivity contribution in [1.82, 2.24) is 15.3 Å². The third kappa shape index (κ3) is 3.61. The predicted molar refractivity (Wildman–Crippen MR) is 99.0 cm³/mol. The van der Waals surface area contributed by atoms with Crippen LogP contribution in [0.3, 0.4) is 0 Å². The molecule has 0 saturated carbocycles. The molecular formula is C18H15ClN4O4. The van der Waals surface area contributed by atoms with Gasteiger partial charge in [0.2, 0.25) is 0 Å². The predicted octanol–water partition coefficient (Wildman–Crippen LogP) is 2.50. The highest BCUT2D eigenvalue weighted by Crippen LogP contribution is 2.33. The number of carbonyl (C=O) groups excluding carboxylic acids is 1. The summed E-state index contributed by atoms with van der Waals surface area (Å²) in [5.74, 6) is -1.23. The minimum absolute atomic E-state index is 0.00436. The third-order valence-corrected chi connectivity index (χ3v) is 4.21. The van der Waals surface area contributed by atoms with Crippen LogP contribution in [0.1, 0.15) is 27.5 Å². The Bertz CT molecular complexity index is 1060. The van der Waals surface area contributed by atoms with Gasteiger partial charge in [-0.15, -0.1) is 0 Å². The zero-order valence-corrected chi connectivity index (χ0v) is 14.9. The molecule has 8 nitrogen and oxygen atoms in total. The summed E-state index contributed by atoms with van der Waals surface area (Å²) in [6.45, 7) is 1.70. The van der Waals surface area contributed by atoms with E-state index in [0.717, 1.165) is 11.8 Å². The number of amides is 1. The number of hydrogen-bond donors (Lipinski definition) is 3. The van der Waals surface area contributed by atoms with E-state index in [4.69, 9.17) is 21.8 Å². The van der Waals surface area contributed by atoms with Gasteiger partial charge in [0.05, 0.1) is 17.1 Å². The van der Waals surface area contributed by atoms with E-state index in [9.17, 15) is 14.7 Å². The highest BCUT2D eigenvalue weighted by Gasteiger charge is 2.21. The number of carbonyl (C=O) groups is 2. The van der Waals surface area contributed by atoms with Crippen LogP contribution in [-0.2, 0) is 11.3 Å². The maximum atomic E-state index is 12.4. The molecule has 0 bridgehead atoms. The summed E-state index contributed by atoms with van der Waals surface area (Å²) in [6, 6.07) is 4.84. The number of hydrogen-bond acceptors (Lipinski definition) is 6. The fraction of sp³-hybridized carbons (Fsp3) is 0.111. The zero-order chi connectivity index (χ0) is 19.6. The first kappa shape index (κ1) is 18.4. The standard InChI is InChI=1S/C18H15ClN4O4/c1-9-5-10-14(19)13(27-15(10)11(6-9)18(25)26)8-23-17(24)12(7-20)16-21-3-2-4-22-16/h2-7H,8,20H2,1H3,(H,23,24)(H,25,26)/b12-7+. The maximum Gasteiger partial charge on any atom is 0.339 e. The summed E-state index contributed by atoms with van der Waals surface area (Å²) < 4.78 is 5.61. The van der Waals surface area contributed by atoms with Crippen LogP contribution in [0.25, 0.3) is 16.5 Å². The molecule has 0 aliphatic heterocycles. The maximum absolute atomic E-state index is 12.4. The Morgan fingerprint density at radius 3 is 2.67 bits per heavy atom. The molecule has 0 unspecified atom stereocenters. The lowest BCUT2D eigenvalue weighted by molar-refractivity contribution is -0.115. The Morgan fingerprint density at radius 1 is 1.33 bits per heavy atom. The lowest BCUT2D eigenvalue weighted by Crippen LogP contribution is -2.25. The number of carboxylic acids is 1. The third-order valence-electron chi connectivity index (χ3n) is 3.80. The van der Waals surface area contributed by atoms with Gasteiger partial charge in [-0.05, 0) is 30.7 Å². The Hall–Kier alpha value is -3.39. The molecule has 1 amide bonds. The van der Waals surface area contributed by atoms with Gasteiger partial charge < -0.3 is 20.6 Å². The van der Waals surface area contributed by atoms with Crippen molar-refractivity contribution in [2.24, 2.45) is 5.73 Å². The molecule has 138 valence electrons. The topological polar surface area (TPSA) is 131 Å². The average Bonchev–Trinajstić information content (AvgIpc) is 2.96. The average molecular weight is 387 g/mol. The molecule has 0 spiro atoms. The van der Waals surface area contributed by atoms with Crippen molar-refractivity contribution < 1.29 is 19.1 Å². The number of aromatic carboxylic acids is 1. The number of halogens is 1. The number of carboxylic acid groups (broad SMARTS) is 1. The highest BCUT2D eigenvalue weighted by molar-refractivity contribution is 6.36. The van der Waals surface area contributed by atoms with Gasteiger partial charge in [0.15, 0.2) is 11.4 Å². The Morgan fingerprint density at radius 2 is 2.04 bits per heavy atom. The van der Waals surface area contributed by atoms with Gasteiger partial charge >= 0.3 is 5.97 Å². The number of aryl methyl sites for hydroxylation is 1. The van der Waals surface area contributed by atoms with Crippen LogP contribution in [0.5, 0.6) is 0 Å². The molecule has 27 heavy (non-hydrogen) atoms. The number of furan rings is 1. The molecule has 3 rings (SSSR count). The van der Waals surface area contributed by atoms with E-state index in [1.807, 2.05) is 0 Å². The van der Waals surface area contributed by atoms with Crippen LogP contribution in [0.15, 0.2) is 41.2 Å². The number of benzene rings is 1. The smallest absolute Gasteiger partial charge is 0.339 e. The molecule has 0 radical (unpaired) electrons. The number of nitrogens with one attached hydrogen (secondary N) is 1. The van der Waals surface area contributed by atoms with Crippen LogP contribution < -0.4 is 11.1 Å². The van der Waals surface area contributed by atoms with Crippen molar-refractivity contribution in [3.8, 4) is 0 Å². The molecular weight excluding hydrogens is 372 g/mol. The molecule has 2 heterocycles. The minimum Gasteiger partial charge on any atom is -0.478 e. The fourth-order valence-electron chi connectivity index (χ4n) is 2.58. The molecule has 9 heteroatoms. The molecule has 2 aromatic heterocycles. The molecule has 4 N–H and O–H groups in total. The molecule has 0 fully saturated rings. The second-order valence-electron chi connectivity index (χ2n) is 5.67. The number of rotatable bonds is 5. The summed E-state index contributed by atoms with van der Waals surface area (Å²) >= 11 is 6.32. The van der Waals surface area contributed by atoms with Gasteiger partial charge in [0.1, 0.15) is 11.3 Å². The van der Waals surface area contributed by atoms with Gasteiger partial charge in [-0.3, -0.25) is 4.79 Å². The van der Waals surface area contributed by atoms with Gasteiger partial charge in [-0.25, -0.2) is 14.8 Å². The zero-order valence-electron chi connectivity index (χ0n) is 14.2. The highest BCUT2D eigenvalue weighted by atomic mass is 35.5. The second-order valence-corrected chi connectivity index (χ2v) is 6.05. The van der Waals surface area contributed by atoms with Gasteiger partial charge in [0.25, 0.3) is 5.91 Å². The minimum atomic E-state index is -1.13. The van der Waals surface area contributed by atoms with E-state index in [0.29, 0.717) is 5.39 Å². The number of fused-ring (bicyclic) bond motifs is 1. The number of aromatic nitrogens is 2. The molecule has 0 atom stereocenters. The van der Waals surface area contributed by atoms with E-state index in [1.54, 1.807) is 19.1 Å². The van der Waals surface area contributed by atoms with Gasteiger partial charge in [-0.1, -0.05) is 11.6 Å². The summed E-state index contributed by atoms with van der Waals surface area (Å²) in [4.78, 5) is 31.8. The lowest BCUT2D eigenvalue weighted by atomic mass is 10.1. The monoisotopic (exact) mass is 386 g/mol. The van der Waals surface area contributed by atoms with Crippen molar-refractivity contribution in [2.45, 2.75) is 13.5 Å². The quantitative estimate of drug-likeness (QED) is 0.574. The first-order chi connectivity index (χ1) is 12.9. The van der Waals surface area contributed by atoms with E-state index in [2.05, 4.69) is 15.3 Å². The van der Waals surface area contributed by atoms with Crippen molar-refractivity contribution in [2.75, 3.05) is 0 Å². The number of nitrogens with zero attached hydrogens (tertiary/aromatic N) is 2. The largest absolute Gasteiger partial charge is 0.478 e. The summed E-state index contributed by atoms with van der Waals surface area (Å²) in [7, 11) is 0. The number of nitrogens with two attached hydrogens (primary N) is 1. The summed E-state index contributed by atoms with van der Waals surface area (Å²) in [6.07, 6.45) is 4.09. The first-order valence-corrected chi connectivity index (χ1v) is 8.22.